The van der Waals surface area contributed by atoms with Crippen LogP contribution in [0.1, 0.15) is 71.9 Å². The number of methoxy groups -OCH3 is 1. The molecule has 4 N–H and O–H groups in total. The highest BCUT2D eigenvalue weighted by atomic mass is 16.6. The molecular weight excluding hydrogens is 757 g/mol. The molecule has 0 heterocycles. The molecule has 0 saturated carbocycles. The molecule has 0 radical (unpaired) electrons. The van der Waals surface area contributed by atoms with Crippen LogP contribution < -0.4 is 26.0 Å². The maximum absolute atomic E-state index is 14.2. The minimum absolute atomic E-state index is 0.0132. The molecule has 0 aliphatic carbocycles. The number of anilines is 1. The van der Waals surface area contributed by atoms with Gasteiger partial charge in [0.1, 0.15) is 41.7 Å². The van der Waals surface area contributed by atoms with Crippen LogP contribution in [0.25, 0.3) is 10.8 Å². The Balaban J connectivity index is 1.61. The molecule has 3 atom stereocenters. The standard InChI is InChI=1S/C45H54N4O10/c1-44(2,3)58-38(50)24-23-35(40(52)46-33-19-21-34(56-7)22-20-33)47-42(54)37(27-39(51)59-45(4,5)6)48-41(53)36(49-43(55)57-28-29-13-9-8-10-14-29)26-30-17-18-31-15-11-12-16-32(31)25-30/h8-22,25,35-37H,23-24,26-28H2,1-7H3,(H,46,52)(H,47,54)(H,48,53)(H,49,55)/t35-,36-,37-/m0/s1. The summed E-state index contributed by atoms with van der Waals surface area (Å²) in [7, 11) is 1.50. The molecular formula is C45H54N4O10. The van der Waals surface area contributed by atoms with Gasteiger partial charge in [-0.1, -0.05) is 72.8 Å². The van der Waals surface area contributed by atoms with Gasteiger partial charge in [-0.25, -0.2) is 4.79 Å². The van der Waals surface area contributed by atoms with Crippen LogP contribution in [0.15, 0.2) is 97.1 Å². The molecule has 14 heteroatoms. The second-order valence-corrected chi connectivity index (χ2v) is 15.9. The van der Waals surface area contributed by atoms with E-state index >= 15 is 0 Å². The van der Waals surface area contributed by atoms with E-state index in [-0.39, 0.29) is 25.9 Å². The maximum atomic E-state index is 14.2. The summed E-state index contributed by atoms with van der Waals surface area (Å²) in [5, 5.41) is 12.5. The first-order valence-electron chi connectivity index (χ1n) is 19.3. The van der Waals surface area contributed by atoms with Crippen molar-refractivity contribution in [2.75, 3.05) is 12.4 Å². The fourth-order valence-electron chi connectivity index (χ4n) is 5.85. The van der Waals surface area contributed by atoms with Gasteiger partial charge in [0, 0.05) is 18.5 Å². The van der Waals surface area contributed by atoms with Crippen molar-refractivity contribution in [3.05, 3.63) is 108 Å². The van der Waals surface area contributed by atoms with E-state index in [2.05, 4.69) is 21.3 Å². The number of hydrogen-bond donors (Lipinski definition) is 4. The smallest absolute Gasteiger partial charge is 0.408 e. The summed E-state index contributed by atoms with van der Waals surface area (Å²) >= 11 is 0. The first-order chi connectivity index (χ1) is 27.9. The minimum Gasteiger partial charge on any atom is -0.497 e. The lowest BCUT2D eigenvalue weighted by Crippen LogP contribution is -2.57. The number of amides is 4. The van der Waals surface area contributed by atoms with Crippen LogP contribution in [-0.2, 0) is 51.2 Å². The van der Waals surface area contributed by atoms with Gasteiger partial charge in [0.2, 0.25) is 17.7 Å². The van der Waals surface area contributed by atoms with Gasteiger partial charge in [0.25, 0.3) is 0 Å². The van der Waals surface area contributed by atoms with E-state index in [1.54, 1.807) is 90.1 Å². The van der Waals surface area contributed by atoms with Crippen LogP contribution in [-0.4, -0.2) is 72.2 Å². The molecule has 4 aromatic carbocycles. The first kappa shape index (κ1) is 45.3. The summed E-state index contributed by atoms with van der Waals surface area (Å²) in [4.78, 5) is 81.1. The van der Waals surface area contributed by atoms with E-state index in [1.165, 1.54) is 7.11 Å². The van der Waals surface area contributed by atoms with Crippen molar-refractivity contribution in [2.45, 2.75) is 103 Å². The summed E-state index contributed by atoms with van der Waals surface area (Å²) in [6.45, 7) is 10.0. The molecule has 4 amide bonds. The van der Waals surface area contributed by atoms with Crippen molar-refractivity contribution in [1.29, 1.82) is 0 Å². The number of hydrogen-bond acceptors (Lipinski definition) is 10. The van der Waals surface area contributed by atoms with Gasteiger partial charge in [-0.15, -0.1) is 0 Å². The Labute approximate surface area is 344 Å². The Morgan fingerprint density at radius 3 is 1.83 bits per heavy atom. The van der Waals surface area contributed by atoms with Crippen LogP contribution in [0.3, 0.4) is 0 Å². The average molecular weight is 811 g/mol. The Morgan fingerprint density at radius 2 is 1.19 bits per heavy atom. The molecule has 0 aromatic heterocycles. The van der Waals surface area contributed by atoms with E-state index in [9.17, 15) is 28.8 Å². The molecule has 0 saturated heterocycles. The number of ether oxygens (including phenoxy) is 4. The third-order valence-electron chi connectivity index (χ3n) is 8.55. The van der Waals surface area contributed by atoms with Crippen molar-refractivity contribution in [2.24, 2.45) is 0 Å². The molecule has 59 heavy (non-hydrogen) atoms. The Hall–Kier alpha value is -6.44. The predicted octanol–water partition coefficient (Wildman–Crippen LogP) is 6.15. The Bertz CT molecular complexity index is 2070. The molecule has 0 aliphatic heterocycles. The average Bonchev–Trinajstić information content (AvgIpc) is 3.17. The van der Waals surface area contributed by atoms with E-state index in [4.69, 9.17) is 18.9 Å². The van der Waals surface area contributed by atoms with Gasteiger partial charge in [-0.3, -0.25) is 24.0 Å². The lowest BCUT2D eigenvalue weighted by molar-refractivity contribution is -0.156. The molecule has 0 spiro atoms. The van der Waals surface area contributed by atoms with Crippen molar-refractivity contribution < 1.29 is 47.7 Å². The fourth-order valence-corrected chi connectivity index (χ4v) is 5.85. The number of fused-ring (bicyclic) bond motifs is 1. The molecule has 0 aliphatic rings. The van der Waals surface area contributed by atoms with Crippen LogP contribution in [0.5, 0.6) is 5.75 Å². The zero-order valence-corrected chi connectivity index (χ0v) is 34.6. The monoisotopic (exact) mass is 810 g/mol. The minimum atomic E-state index is -1.59. The van der Waals surface area contributed by atoms with Crippen molar-refractivity contribution >= 4 is 52.2 Å². The van der Waals surface area contributed by atoms with Gasteiger partial charge in [0.15, 0.2) is 0 Å². The normalized spacial score (nSPS) is 12.9. The zero-order chi connectivity index (χ0) is 43.2. The summed E-state index contributed by atoms with van der Waals surface area (Å²) in [6.07, 6.45) is -1.96. The van der Waals surface area contributed by atoms with E-state index in [0.717, 1.165) is 16.3 Å². The van der Waals surface area contributed by atoms with Crippen LogP contribution in [0.4, 0.5) is 10.5 Å². The summed E-state index contributed by atoms with van der Waals surface area (Å²) in [5.74, 6) is -3.27. The third kappa shape index (κ3) is 15.8. The topological polar surface area (TPSA) is 187 Å². The van der Waals surface area contributed by atoms with E-state index in [0.29, 0.717) is 17.0 Å². The number of esters is 2. The van der Waals surface area contributed by atoms with Crippen LogP contribution in [0, 0.1) is 0 Å². The molecule has 14 nitrogen and oxygen atoms in total. The molecule has 4 aromatic rings. The largest absolute Gasteiger partial charge is 0.497 e. The number of alkyl carbamates (subject to hydrolysis) is 1. The van der Waals surface area contributed by atoms with Gasteiger partial charge < -0.3 is 40.2 Å². The number of carbonyl (C=O) groups excluding carboxylic acids is 6. The van der Waals surface area contributed by atoms with Crippen LogP contribution in [0.2, 0.25) is 0 Å². The summed E-state index contributed by atoms with van der Waals surface area (Å²) in [6, 6.07) is 24.5. The number of rotatable bonds is 17. The van der Waals surface area contributed by atoms with Crippen molar-refractivity contribution in [3.8, 4) is 5.75 Å². The van der Waals surface area contributed by atoms with Gasteiger partial charge in [-0.05, 0) is 94.1 Å². The number of nitrogens with one attached hydrogen (secondary N) is 4. The maximum Gasteiger partial charge on any atom is 0.408 e. The highest BCUT2D eigenvalue weighted by Crippen LogP contribution is 2.19. The Kier molecular flexibility index (Phi) is 16.0. The quantitative estimate of drug-likeness (QED) is 0.0712. The Morgan fingerprint density at radius 1 is 0.593 bits per heavy atom. The summed E-state index contributed by atoms with van der Waals surface area (Å²) < 4.78 is 21.6. The SMILES string of the molecule is COc1ccc(NC(=O)[C@H](CCC(=O)OC(C)(C)C)NC(=O)[C@H](CC(=O)OC(C)(C)C)NC(=O)[C@H](Cc2ccc3ccccc3c2)NC(=O)OCc2ccccc2)cc1. The van der Waals surface area contributed by atoms with E-state index < -0.39 is 71.5 Å². The van der Waals surface area contributed by atoms with Gasteiger partial charge >= 0.3 is 18.0 Å². The fraction of sp³-hybridized carbons (Fsp3) is 0.378. The van der Waals surface area contributed by atoms with Crippen molar-refractivity contribution in [1.82, 2.24) is 16.0 Å². The molecule has 0 fully saturated rings. The highest BCUT2D eigenvalue weighted by Gasteiger charge is 2.33. The second-order valence-electron chi connectivity index (χ2n) is 15.9. The zero-order valence-electron chi connectivity index (χ0n) is 34.6. The third-order valence-corrected chi connectivity index (χ3v) is 8.55. The number of benzene rings is 4. The second kappa shape index (κ2) is 20.8. The van der Waals surface area contributed by atoms with E-state index in [1.807, 2.05) is 48.5 Å². The highest BCUT2D eigenvalue weighted by molar-refractivity contribution is 6.00. The first-order valence-corrected chi connectivity index (χ1v) is 19.3. The van der Waals surface area contributed by atoms with Crippen LogP contribution >= 0.6 is 0 Å². The lowest BCUT2D eigenvalue weighted by atomic mass is 10.0. The molecule has 4 rings (SSSR count). The van der Waals surface area contributed by atoms with Gasteiger partial charge in [0.05, 0.1) is 13.5 Å². The molecule has 0 bridgehead atoms. The summed E-state index contributed by atoms with van der Waals surface area (Å²) in [5.41, 5.74) is 0.0731. The molecule has 0 unspecified atom stereocenters. The molecule has 314 valence electrons. The lowest BCUT2D eigenvalue weighted by Gasteiger charge is -2.26. The van der Waals surface area contributed by atoms with Crippen molar-refractivity contribution in [3.63, 3.8) is 0 Å². The predicted molar refractivity (Wildman–Crippen MR) is 222 cm³/mol. The van der Waals surface area contributed by atoms with Gasteiger partial charge in [-0.2, -0.15) is 0 Å². The number of carbonyl (C=O) groups is 6.